The predicted octanol–water partition coefficient (Wildman–Crippen LogP) is 4.82. The normalized spacial score (nSPS) is 18.3. The van der Waals surface area contributed by atoms with Gasteiger partial charge in [0.05, 0.1) is 5.41 Å². The Morgan fingerprint density at radius 3 is 1.95 bits per heavy atom. The van der Waals surface area contributed by atoms with Crippen molar-refractivity contribution < 1.29 is 9.53 Å². The lowest BCUT2D eigenvalue weighted by atomic mass is 9.73. The molecule has 1 rings (SSSR count). The molecule has 0 spiro atoms. The van der Waals surface area contributed by atoms with Crippen LogP contribution in [-0.2, 0) is 9.53 Å². The molecule has 130 valence electrons. The van der Waals surface area contributed by atoms with Gasteiger partial charge in [0.2, 0.25) is 0 Å². The highest BCUT2D eigenvalue weighted by atomic mass is 16.6. The first-order valence-electron chi connectivity index (χ1n) is 9.08. The van der Waals surface area contributed by atoms with Crippen molar-refractivity contribution >= 4 is 5.97 Å². The van der Waals surface area contributed by atoms with E-state index >= 15 is 0 Å². The van der Waals surface area contributed by atoms with Gasteiger partial charge >= 0.3 is 5.97 Å². The molecular weight excluding hydrogens is 274 g/mol. The lowest BCUT2D eigenvalue weighted by Gasteiger charge is -2.43. The van der Waals surface area contributed by atoms with Gasteiger partial charge in [0.15, 0.2) is 0 Å². The number of ether oxygens (including phenoxy) is 1. The molecular formula is C19H37NO2. The summed E-state index contributed by atoms with van der Waals surface area (Å²) in [6.07, 6.45) is 8.68. The van der Waals surface area contributed by atoms with Crippen LogP contribution in [0.3, 0.4) is 0 Å². The highest BCUT2D eigenvalue weighted by Gasteiger charge is 2.43. The molecule has 22 heavy (non-hydrogen) atoms. The van der Waals surface area contributed by atoms with Gasteiger partial charge in [-0.3, -0.25) is 4.79 Å². The lowest BCUT2D eigenvalue weighted by molar-refractivity contribution is -0.181. The lowest BCUT2D eigenvalue weighted by Crippen LogP contribution is -2.47. The SMILES string of the molecule is CCC(CC)(OC(=O)C(C)(C)CC(C)(C)N)C1CCCCC1. The Morgan fingerprint density at radius 1 is 1.05 bits per heavy atom. The number of rotatable bonds is 7. The van der Waals surface area contributed by atoms with Gasteiger partial charge in [0, 0.05) is 5.54 Å². The molecule has 1 aliphatic rings. The zero-order valence-corrected chi connectivity index (χ0v) is 15.6. The molecule has 3 heteroatoms. The Kier molecular flexibility index (Phi) is 6.49. The van der Waals surface area contributed by atoms with Crippen molar-refractivity contribution in [1.29, 1.82) is 0 Å². The van der Waals surface area contributed by atoms with Gasteiger partial charge < -0.3 is 10.5 Å². The minimum absolute atomic E-state index is 0.0831. The van der Waals surface area contributed by atoms with E-state index in [0.717, 1.165) is 12.8 Å². The number of nitrogens with two attached hydrogens (primary N) is 1. The molecule has 1 fully saturated rings. The largest absolute Gasteiger partial charge is 0.458 e. The number of hydrogen-bond acceptors (Lipinski definition) is 3. The van der Waals surface area contributed by atoms with E-state index in [9.17, 15) is 4.79 Å². The summed E-state index contributed by atoms with van der Waals surface area (Å²) in [7, 11) is 0. The third kappa shape index (κ3) is 4.97. The number of carbonyl (C=O) groups is 1. The third-order valence-corrected chi connectivity index (χ3v) is 5.29. The summed E-state index contributed by atoms with van der Waals surface area (Å²) in [5.41, 5.74) is 4.93. The second-order valence-electron chi connectivity index (χ2n) is 8.55. The molecule has 0 atom stereocenters. The highest BCUT2D eigenvalue weighted by Crippen LogP contribution is 2.41. The Balaban J connectivity index is 2.87. The van der Waals surface area contributed by atoms with Crippen LogP contribution in [0.15, 0.2) is 0 Å². The summed E-state index contributed by atoms with van der Waals surface area (Å²) in [5.74, 6) is 0.433. The molecule has 0 radical (unpaired) electrons. The van der Waals surface area contributed by atoms with Crippen LogP contribution in [0.25, 0.3) is 0 Å². The first kappa shape index (κ1) is 19.5. The van der Waals surface area contributed by atoms with Crippen molar-refractivity contribution in [2.45, 2.75) is 104 Å². The molecule has 0 heterocycles. The van der Waals surface area contributed by atoms with Crippen LogP contribution in [0, 0.1) is 11.3 Å². The molecule has 1 aliphatic carbocycles. The molecule has 0 aromatic carbocycles. The summed E-state index contributed by atoms with van der Waals surface area (Å²) in [6, 6.07) is 0. The van der Waals surface area contributed by atoms with E-state index in [1.807, 2.05) is 27.7 Å². The summed E-state index contributed by atoms with van der Waals surface area (Å²) in [4.78, 5) is 12.8. The van der Waals surface area contributed by atoms with E-state index in [0.29, 0.717) is 12.3 Å². The minimum atomic E-state index is -0.539. The highest BCUT2D eigenvalue weighted by molar-refractivity contribution is 5.76. The number of hydrogen-bond donors (Lipinski definition) is 1. The van der Waals surface area contributed by atoms with Gasteiger partial charge in [-0.15, -0.1) is 0 Å². The van der Waals surface area contributed by atoms with Gasteiger partial charge in [0.1, 0.15) is 5.60 Å². The molecule has 0 amide bonds. The molecule has 0 unspecified atom stereocenters. The van der Waals surface area contributed by atoms with E-state index in [1.165, 1.54) is 32.1 Å². The van der Waals surface area contributed by atoms with Crippen molar-refractivity contribution in [3.05, 3.63) is 0 Å². The van der Waals surface area contributed by atoms with Crippen LogP contribution in [0.2, 0.25) is 0 Å². The van der Waals surface area contributed by atoms with E-state index in [2.05, 4.69) is 13.8 Å². The van der Waals surface area contributed by atoms with Crippen LogP contribution < -0.4 is 5.73 Å². The molecule has 0 aromatic rings. The number of carbonyl (C=O) groups excluding carboxylic acids is 1. The van der Waals surface area contributed by atoms with Crippen LogP contribution >= 0.6 is 0 Å². The van der Waals surface area contributed by atoms with Gasteiger partial charge in [-0.1, -0.05) is 33.1 Å². The van der Waals surface area contributed by atoms with Gasteiger partial charge in [-0.05, 0) is 65.7 Å². The molecule has 2 N–H and O–H groups in total. The van der Waals surface area contributed by atoms with Crippen LogP contribution in [0.4, 0.5) is 0 Å². The maximum Gasteiger partial charge on any atom is 0.312 e. The zero-order valence-electron chi connectivity index (χ0n) is 15.6. The molecule has 0 bridgehead atoms. The summed E-state index contributed by atoms with van der Waals surface area (Å²) in [5, 5.41) is 0. The van der Waals surface area contributed by atoms with E-state index in [4.69, 9.17) is 10.5 Å². The number of esters is 1. The molecule has 0 aromatic heterocycles. The topological polar surface area (TPSA) is 52.3 Å². The van der Waals surface area contributed by atoms with E-state index < -0.39 is 5.41 Å². The average Bonchev–Trinajstić information content (AvgIpc) is 2.43. The van der Waals surface area contributed by atoms with Gasteiger partial charge in [0.25, 0.3) is 0 Å². The first-order valence-corrected chi connectivity index (χ1v) is 9.08. The summed E-state index contributed by atoms with van der Waals surface area (Å²) in [6.45, 7) is 12.2. The summed E-state index contributed by atoms with van der Waals surface area (Å²) >= 11 is 0. The molecule has 1 saturated carbocycles. The predicted molar refractivity (Wildman–Crippen MR) is 92.6 cm³/mol. The Hall–Kier alpha value is -0.570. The third-order valence-electron chi connectivity index (χ3n) is 5.29. The summed E-state index contributed by atoms with van der Waals surface area (Å²) < 4.78 is 6.19. The van der Waals surface area contributed by atoms with Crippen molar-refractivity contribution in [1.82, 2.24) is 0 Å². The van der Waals surface area contributed by atoms with Crippen LogP contribution in [-0.4, -0.2) is 17.1 Å². The first-order chi connectivity index (χ1) is 10.1. The Morgan fingerprint density at radius 2 is 1.55 bits per heavy atom. The second kappa shape index (κ2) is 7.33. The van der Waals surface area contributed by atoms with Crippen molar-refractivity contribution in [2.24, 2.45) is 17.1 Å². The second-order valence-corrected chi connectivity index (χ2v) is 8.55. The quantitative estimate of drug-likeness (QED) is 0.686. The molecule has 0 aliphatic heterocycles. The minimum Gasteiger partial charge on any atom is -0.458 e. The van der Waals surface area contributed by atoms with Crippen molar-refractivity contribution in [3.8, 4) is 0 Å². The monoisotopic (exact) mass is 311 g/mol. The molecule has 0 saturated heterocycles. The van der Waals surface area contributed by atoms with Crippen LogP contribution in [0.1, 0.15) is 92.9 Å². The van der Waals surface area contributed by atoms with Crippen molar-refractivity contribution in [2.75, 3.05) is 0 Å². The van der Waals surface area contributed by atoms with Crippen molar-refractivity contribution in [3.63, 3.8) is 0 Å². The smallest absolute Gasteiger partial charge is 0.312 e. The zero-order chi connectivity index (χ0) is 17.0. The fraction of sp³-hybridized carbons (Fsp3) is 0.947. The van der Waals surface area contributed by atoms with Gasteiger partial charge in [-0.25, -0.2) is 0 Å². The fourth-order valence-corrected chi connectivity index (χ4v) is 4.22. The Labute approximate surface area is 137 Å². The maximum absolute atomic E-state index is 12.8. The fourth-order valence-electron chi connectivity index (χ4n) is 4.22. The molecule has 3 nitrogen and oxygen atoms in total. The average molecular weight is 312 g/mol. The Bertz CT molecular complexity index is 358. The van der Waals surface area contributed by atoms with E-state index in [-0.39, 0.29) is 17.1 Å². The maximum atomic E-state index is 12.8. The van der Waals surface area contributed by atoms with Crippen LogP contribution in [0.5, 0.6) is 0 Å². The standard InChI is InChI=1S/C19H37NO2/c1-7-19(8-2,15-12-10-9-11-13-15)22-16(21)17(3,4)14-18(5,6)20/h15H,7-14,20H2,1-6H3. The van der Waals surface area contributed by atoms with E-state index in [1.54, 1.807) is 0 Å². The van der Waals surface area contributed by atoms with Gasteiger partial charge in [-0.2, -0.15) is 0 Å².